The molecule has 0 radical (unpaired) electrons. The van der Waals surface area contributed by atoms with Gasteiger partial charge < -0.3 is 20.7 Å². The second-order valence-electron chi connectivity index (χ2n) is 5.90. The molecule has 0 aliphatic heterocycles. The van der Waals surface area contributed by atoms with E-state index >= 15 is 0 Å². The number of nitrogens with one attached hydrogen (secondary N) is 1. The standard InChI is InChI=1S/C20H26N4O2.HI/c1-4-22-20(23-13-15-8-7-10-16(12-15)19(21)25)24(2)14-17-9-5-6-11-18(17)26-3;/h5-12H,4,13-14H2,1-3H3,(H2,21,25)(H,22,23);1H. The van der Waals surface area contributed by atoms with Crippen LogP contribution in [0.5, 0.6) is 5.75 Å². The molecule has 0 unspecified atom stereocenters. The van der Waals surface area contributed by atoms with Crippen molar-refractivity contribution in [2.75, 3.05) is 20.7 Å². The quantitative estimate of drug-likeness (QED) is 0.361. The van der Waals surface area contributed by atoms with Gasteiger partial charge in [-0.25, -0.2) is 4.99 Å². The Morgan fingerprint density at radius 2 is 1.96 bits per heavy atom. The van der Waals surface area contributed by atoms with E-state index in [4.69, 9.17) is 10.5 Å². The van der Waals surface area contributed by atoms with Crippen molar-refractivity contribution in [1.82, 2.24) is 10.2 Å². The van der Waals surface area contributed by atoms with E-state index in [1.165, 1.54) is 0 Å². The number of para-hydroxylation sites is 1. The smallest absolute Gasteiger partial charge is 0.248 e. The summed E-state index contributed by atoms with van der Waals surface area (Å²) < 4.78 is 5.42. The largest absolute Gasteiger partial charge is 0.496 e. The summed E-state index contributed by atoms with van der Waals surface area (Å²) in [5.74, 6) is 1.20. The molecule has 2 aromatic rings. The minimum atomic E-state index is -0.434. The van der Waals surface area contributed by atoms with Crippen LogP contribution in [0.25, 0.3) is 0 Å². The van der Waals surface area contributed by atoms with Crippen molar-refractivity contribution < 1.29 is 9.53 Å². The van der Waals surface area contributed by atoms with Crippen LogP contribution in [0.2, 0.25) is 0 Å². The molecule has 0 aliphatic carbocycles. The van der Waals surface area contributed by atoms with E-state index in [0.29, 0.717) is 18.7 Å². The Kier molecular flexibility index (Phi) is 9.63. The Morgan fingerprint density at radius 3 is 2.63 bits per heavy atom. The molecule has 1 amide bonds. The third-order valence-electron chi connectivity index (χ3n) is 3.92. The summed E-state index contributed by atoms with van der Waals surface area (Å²) in [6, 6.07) is 15.1. The Hall–Kier alpha value is -2.29. The number of amides is 1. The zero-order valence-electron chi connectivity index (χ0n) is 15.9. The van der Waals surface area contributed by atoms with Gasteiger partial charge in [-0.05, 0) is 30.7 Å². The van der Waals surface area contributed by atoms with Crippen LogP contribution in [0.3, 0.4) is 0 Å². The zero-order chi connectivity index (χ0) is 18.9. The topological polar surface area (TPSA) is 79.9 Å². The van der Waals surface area contributed by atoms with Gasteiger partial charge in [-0.1, -0.05) is 30.3 Å². The Morgan fingerprint density at radius 1 is 1.22 bits per heavy atom. The Balaban J connectivity index is 0.00000364. The van der Waals surface area contributed by atoms with Crippen LogP contribution >= 0.6 is 24.0 Å². The van der Waals surface area contributed by atoms with Gasteiger partial charge in [0, 0.05) is 31.3 Å². The number of benzene rings is 2. The van der Waals surface area contributed by atoms with Crippen LogP contribution in [-0.4, -0.2) is 37.5 Å². The predicted octanol–water partition coefficient (Wildman–Crippen LogP) is 3.01. The first-order valence-electron chi connectivity index (χ1n) is 8.55. The molecule has 0 spiro atoms. The first kappa shape index (κ1) is 22.8. The maximum absolute atomic E-state index is 11.3. The van der Waals surface area contributed by atoms with Crippen molar-refractivity contribution in [1.29, 1.82) is 0 Å². The summed E-state index contributed by atoms with van der Waals surface area (Å²) in [4.78, 5) is 18.0. The molecule has 6 nitrogen and oxygen atoms in total. The van der Waals surface area contributed by atoms with Gasteiger partial charge in [0.05, 0.1) is 13.7 Å². The molecule has 0 saturated heterocycles. The summed E-state index contributed by atoms with van der Waals surface area (Å²) in [5.41, 5.74) is 7.85. The molecule has 0 heterocycles. The molecule has 2 rings (SSSR count). The molecule has 2 aromatic carbocycles. The maximum atomic E-state index is 11.3. The average Bonchev–Trinajstić information content (AvgIpc) is 2.65. The second kappa shape index (κ2) is 11.4. The molecular formula is C20H27IN4O2. The number of ether oxygens (including phenoxy) is 1. The highest BCUT2D eigenvalue weighted by molar-refractivity contribution is 14.0. The first-order valence-corrected chi connectivity index (χ1v) is 8.55. The van der Waals surface area contributed by atoms with E-state index in [9.17, 15) is 4.79 Å². The van der Waals surface area contributed by atoms with Crippen molar-refractivity contribution in [3.8, 4) is 5.75 Å². The zero-order valence-corrected chi connectivity index (χ0v) is 18.3. The van der Waals surface area contributed by atoms with Crippen LogP contribution in [0.4, 0.5) is 0 Å². The van der Waals surface area contributed by atoms with Crippen molar-refractivity contribution in [2.24, 2.45) is 10.7 Å². The van der Waals surface area contributed by atoms with Crippen LogP contribution in [0.15, 0.2) is 53.5 Å². The fraction of sp³-hybridized carbons (Fsp3) is 0.300. The van der Waals surface area contributed by atoms with E-state index in [-0.39, 0.29) is 24.0 Å². The van der Waals surface area contributed by atoms with Crippen LogP contribution in [-0.2, 0) is 13.1 Å². The highest BCUT2D eigenvalue weighted by Gasteiger charge is 2.10. The summed E-state index contributed by atoms with van der Waals surface area (Å²) in [6.45, 7) is 3.91. The van der Waals surface area contributed by atoms with Gasteiger partial charge in [0.2, 0.25) is 5.91 Å². The number of primary amides is 1. The minimum absolute atomic E-state index is 0. The number of rotatable bonds is 7. The fourth-order valence-corrected chi connectivity index (χ4v) is 2.62. The number of halogens is 1. The molecular weight excluding hydrogens is 455 g/mol. The maximum Gasteiger partial charge on any atom is 0.248 e. The molecule has 3 N–H and O–H groups in total. The number of aliphatic imine (C=N–C) groups is 1. The Bertz CT molecular complexity index is 780. The highest BCUT2D eigenvalue weighted by Crippen LogP contribution is 2.18. The molecule has 146 valence electrons. The number of carbonyl (C=O) groups is 1. The number of methoxy groups -OCH3 is 1. The normalized spacial score (nSPS) is 10.7. The number of nitrogens with two attached hydrogens (primary N) is 1. The first-order chi connectivity index (χ1) is 12.5. The molecule has 0 aliphatic rings. The minimum Gasteiger partial charge on any atom is -0.496 e. The van der Waals surface area contributed by atoms with Gasteiger partial charge in [-0.3, -0.25) is 4.79 Å². The second-order valence-corrected chi connectivity index (χ2v) is 5.90. The van der Waals surface area contributed by atoms with Crippen molar-refractivity contribution >= 4 is 35.8 Å². The number of carbonyl (C=O) groups excluding carboxylic acids is 1. The summed E-state index contributed by atoms with van der Waals surface area (Å²) in [7, 11) is 3.65. The van der Waals surface area contributed by atoms with E-state index in [1.54, 1.807) is 19.2 Å². The summed E-state index contributed by atoms with van der Waals surface area (Å²) in [6.07, 6.45) is 0. The molecule has 27 heavy (non-hydrogen) atoms. The predicted molar refractivity (Wildman–Crippen MR) is 120 cm³/mol. The highest BCUT2D eigenvalue weighted by atomic mass is 127. The number of hydrogen-bond donors (Lipinski definition) is 2. The van der Waals surface area contributed by atoms with E-state index in [2.05, 4.69) is 10.3 Å². The summed E-state index contributed by atoms with van der Waals surface area (Å²) >= 11 is 0. The fourth-order valence-electron chi connectivity index (χ4n) is 2.62. The lowest BCUT2D eigenvalue weighted by molar-refractivity contribution is 0.1000. The van der Waals surface area contributed by atoms with Crippen molar-refractivity contribution in [3.63, 3.8) is 0 Å². The average molecular weight is 482 g/mol. The molecule has 0 aromatic heterocycles. The van der Waals surface area contributed by atoms with E-state index in [1.807, 2.05) is 55.3 Å². The lowest BCUT2D eigenvalue weighted by Gasteiger charge is -2.23. The lowest BCUT2D eigenvalue weighted by Crippen LogP contribution is -2.38. The molecule has 0 fully saturated rings. The monoisotopic (exact) mass is 482 g/mol. The van der Waals surface area contributed by atoms with Gasteiger partial charge in [0.25, 0.3) is 0 Å². The number of nitrogens with zero attached hydrogens (tertiary/aromatic N) is 2. The van der Waals surface area contributed by atoms with Gasteiger partial charge in [0.1, 0.15) is 5.75 Å². The van der Waals surface area contributed by atoms with Gasteiger partial charge in [0.15, 0.2) is 5.96 Å². The van der Waals surface area contributed by atoms with Crippen LogP contribution in [0.1, 0.15) is 28.4 Å². The van der Waals surface area contributed by atoms with Crippen LogP contribution in [0, 0.1) is 0 Å². The number of guanidine groups is 1. The molecule has 7 heteroatoms. The van der Waals surface area contributed by atoms with E-state index < -0.39 is 5.91 Å². The molecule has 0 saturated carbocycles. The van der Waals surface area contributed by atoms with Crippen molar-refractivity contribution in [3.05, 3.63) is 65.2 Å². The van der Waals surface area contributed by atoms with Gasteiger partial charge >= 0.3 is 0 Å². The third kappa shape index (κ3) is 6.74. The van der Waals surface area contributed by atoms with Crippen molar-refractivity contribution in [2.45, 2.75) is 20.0 Å². The third-order valence-corrected chi connectivity index (χ3v) is 3.92. The van der Waals surface area contributed by atoms with Crippen LogP contribution < -0.4 is 15.8 Å². The lowest BCUT2D eigenvalue weighted by atomic mass is 10.1. The Labute approximate surface area is 177 Å². The van der Waals surface area contributed by atoms with Gasteiger partial charge in [-0.2, -0.15) is 0 Å². The number of hydrogen-bond acceptors (Lipinski definition) is 3. The van der Waals surface area contributed by atoms with Gasteiger partial charge in [-0.15, -0.1) is 24.0 Å². The SMILES string of the molecule is CCNC(=NCc1cccc(C(N)=O)c1)N(C)Cc1ccccc1OC.I. The molecule has 0 bridgehead atoms. The van der Waals surface area contributed by atoms with E-state index in [0.717, 1.165) is 29.4 Å². The molecule has 0 atom stereocenters. The summed E-state index contributed by atoms with van der Waals surface area (Å²) in [5, 5.41) is 3.29.